The summed E-state index contributed by atoms with van der Waals surface area (Å²) in [5.41, 5.74) is 2.10. The van der Waals surface area contributed by atoms with Crippen LogP contribution in [-0.2, 0) is 11.3 Å². The first-order chi connectivity index (χ1) is 10.2. The van der Waals surface area contributed by atoms with Crippen LogP contribution in [0.3, 0.4) is 0 Å². The Hall–Kier alpha value is -2.82. The van der Waals surface area contributed by atoms with Crippen molar-refractivity contribution in [3.05, 3.63) is 65.2 Å². The Morgan fingerprint density at radius 2 is 1.90 bits per heavy atom. The Balaban J connectivity index is 2.05. The molecule has 0 spiro atoms. The first-order valence-electron chi connectivity index (χ1n) is 6.31. The van der Waals surface area contributed by atoms with Crippen molar-refractivity contribution >= 4 is 12.2 Å². The van der Waals surface area contributed by atoms with Crippen LogP contribution in [0.1, 0.15) is 21.5 Å². The minimum absolute atomic E-state index is 0.345. The van der Waals surface area contributed by atoms with Gasteiger partial charge >= 0.3 is 5.97 Å². The largest absolute Gasteiger partial charge is 0.488 e. The van der Waals surface area contributed by atoms with E-state index in [-0.39, 0.29) is 5.97 Å². The van der Waals surface area contributed by atoms with Crippen molar-refractivity contribution in [2.75, 3.05) is 7.11 Å². The molecular weight excluding hydrogens is 270 g/mol. The molecule has 5 nitrogen and oxygen atoms in total. The number of para-hydroxylation sites is 1. The number of methoxy groups -OCH3 is 1. The summed E-state index contributed by atoms with van der Waals surface area (Å²) in [4.78, 5) is 11.3. The van der Waals surface area contributed by atoms with Crippen molar-refractivity contribution in [2.24, 2.45) is 5.16 Å². The van der Waals surface area contributed by atoms with E-state index in [0.29, 0.717) is 23.5 Å². The molecule has 0 fully saturated rings. The molecule has 0 aromatic heterocycles. The van der Waals surface area contributed by atoms with E-state index in [4.69, 9.17) is 9.94 Å². The Bertz CT molecular complexity index is 635. The van der Waals surface area contributed by atoms with Crippen LogP contribution in [0.2, 0.25) is 0 Å². The van der Waals surface area contributed by atoms with Gasteiger partial charge in [-0.15, -0.1) is 0 Å². The molecule has 0 aliphatic rings. The van der Waals surface area contributed by atoms with Gasteiger partial charge in [-0.1, -0.05) is 29.4 Å². The van der Waals surface area contributed by atoms with Gasteiger partial charge in [-0.25, -0.2) is 4.79 Å². The summed E-state index contributed by atoms with van der Waals surface area (Å²) in [5, 5.41) is 11.6. The Labute approximate surface area is 122 Å². The molecule has 2 rings (SSSR count). The number of carbonyl (C=O) groups excluding carboxylic acids is 1. The fourth-order valence-electron chi connectivity index (χ4n) is 1.80. The molecule has 0 saturated carbocycles. The molecule has 0 aliphatic carbocycles. The summed E-state index contributed by atoms with van der Waals surface area (Å²) in [7, 11) is 1.35. The van der Waals surface area contributed by atoms with Crippen molar-refractivity contribution in [3.8, 4) is 5.75 Å². The lowest BCUT2D eigenvalue weighted by molar-refractivity contribution is 0.0600. The number of hydrogen-bond acceptors (Lipinski definition) is 5. The minimum Gasteiger partial charge on any atom is -0.488 e. The quantitative estimate of drug-likeness (QED) is 0.397. The molecule has 0 saturated heterocycles. The van der Waals surface area contributed by atoms with E-state index < -0.39 is 0 Å². The van der Waals surface area contributed by atoms with Crippen LogP contribution < -0.4 is 4.74 Å². The Morgan fingerprint density at radius 1 is 1.19 bits per heavy atom. The second-order valence-electron chi connectivity index (χ2n) is 4.26. The highest BCUT2D eigenvalue weighted by atomic mass is 16.5. The fourth-order valence-corrected chi connectivity index (χ4v) is 1.80. The number of carbonyl (C=O) groups is 1. The van der Waals surface area contributed by atoms with Gasteiger partial charge in [0.05, 0.1) is 18.9 Å². The van der Waals surface area contributed by atoms with Crippen LogP contribution in [0.15, 0.2) is 53.7 Å². The SMILES string of the molecule is COC(=O)c1ccc(COc2ccccc2C=NO)cc1. The second kappa shape index (κ2) is 7.09. The van der Waals surface area contributed by atoms with Gasteiger partial charge in [0.2, 0.25) is 0 Å². The lowest BCUT2D eigenvalue weighted by atomic mass is 10.1. The summed E-state index contributed by atoms with van der Waals surface area (Å²) in [6.07, 6.45) is 1.32. The standard InChI is InChI=1S/C16H15NO4/c1-20-16(18)13-8-6-12(7-9-13)11-21-15-5-3-2-4-14(15)10-17-19/h2-10,19H,11H2,1H3. The molecule has 0 atom stereocenters. The third-order valence-electron chi connectivity index (χ3n) is 2.89. The molecule has 21 heavy (non-hydrogen) atoms. The summed E-state index contributed by atoms with van der Waals surface area (Å²) in [5.74, 6) is 0.249. The predicted molar refractivity (Wildman–Crippen MR) is 77.9 cm³/mol. The zero-order valence-electron chi connectivity index (χ0n) is 11.5. The highest BCUT2D eigenvalue weighted by Gasteiger charge is 2.05. The fraction of sp³-hybridized carbons (Fsp3) is 0.125. The molecule has 108 valence electrons. The van der Waals surface area contributed by atoms with Gasteiger partial charge < -0.3 is 14.7 Å². The second-order valence-corrected chi connectivity index (χ2v) is 4.26. The van der Waals surface area contributed by atoms with Gasteiger partial charge in [0, 0.05) is 5.56 Å². The van der Waals surface area contributed by atoms with Gasteiger partial charge in [0.25, 0.3) is 0 Å². The number of hydrogen-bond donors (Lipinski definition) is 1. The molecule has 2 aromatic carbocycles. The van der Waals surface area contributed by atoms with Crippen LogP contribution in [0.5, 0.6) is 5.75 Å². The Kier molecular flexibility index (Phi) is 4.93. The van der Waals surface area contributed by atoms with Crippen LogP contribution in [0.25, 0.3) is 0 Å². The third kappa shape index (κ3) is 3.82. The molecule has 0 unspecified atom stereocenters. The maximum Gasteiger partial charge on any atom is 0.337 e. The lowest BCUT2D eigenvalue weighted by Gasteiger charge is -2.09. The lowest BCUT2D eigenvalue weighted by Crippen LogP contribution is -2.02. The van der Waals surface area contributed by atoms with Crippen LogP contribution >= 0.6 is 0 Å². The third-order valence-corrected chi connectivity index (χ3v) is 2.89. The molecule has 5 heteroatoms. The van der Waals surface area contributed by atoms with Crippen molar-refractivity contribution in [1.82, 2.24) is 0 Å². The van der Waals surface area contributed by atoms with E-state index in [2.05, 4.69) is 9.89 Å². The Morgan fingerprint density at radius 3 is 2.57 bits per heavy atom. The molecule has 0 radical (unpaired) electrons. The summed E-state index contributed by atoms with van der Waals surface area (Å²) < 4.78 is 10.3. The maximum absolute atomic E-state index is 11.3. The average Bonchev–Trinajstić information content (AvgIpc) is 2.54. The van der Waals surface area contributed by atoms with Crippen LogP contribution in [0.4, 0.5) is 0 Å². The molecule has 2 aromatic rings. The number of nitrogens with zero attached hydrogens (tertiary/aromatic N) is 1. The first-order valence-corrected chi connectivity index (χ1v) is 6.31. The molecule has 0 bridgehead atoms. The van der Waals surface area contributed by atoms with E-state index >= 15 is 0 Å². The number of oxime groups is 1. The zero-order valence-corrected chi connectivity index (χ0v) is 11.5. The summed E-state index contributed by atoms with van der Waals surface area (Å²) >= 11 is 0. The van der Waals surface area contributed by atoms with Gasteiger partial charge in [-0.05, 0) is 29.8 Å². The monoisotopic (exact) mass is 285 g/mol. The number of esters is 1. The van der Waals surface area contributed by atoms with Gasteiger partial charge in [0.1, 0.15) is 12.4 Å². The van der Waals surface area contributed by atoms with Crippen LogP contribution in [-0.4, -0.2) is 24.5 Å². The first kappa shape index (κ1) is 14.6. The highest BCUT2D eigenvalue weighted by Crippen LogP contribution is 2.18. The maximum atomic E-state index is 11.3. The molecule has 0 aliphatic heterocycles. The zero-order chi connectivity index (χ0) is 15.1. The van der Waals surface area contributed by atoms with Crippen molar-refractivity contribution in [3.63, 3.8) is 0 Å². The minimum atomic E-state index is -0.369. The number of rotatable bonds is 5. The van der Waals surface area contributed by atoms with Crippen molar-refractivity contribution < 1.29 is 19.5 Å². The molecule has 0 heterocycles. The average molecular weight is 285 g/mol. The van der Waals surface area contributed by atoms with Gasteiger partial charge in [-0.2, -0.15) is 0 Å². The smallest absolute Gasteiger partial charge is 0.337 e. The van der Waals surface area contributed by atoms with E-state index in [1.54, 1.807) is 36.4 Å². The van der Waals surface area contributed by atoms with Gasteiger partial charge in [0.15, 0.2) is 0 Å². The van der Waals surface area contributed by atoms with E-state index in [9.17, 15) is 4.79 Å². The van der Waals surface area contributed by atoms with E-state index in [1.807, 2.05) is 12.1 Å². The van der Waals surface area contributed by atoms with E-state index in [0.717, 1.165) is 5.56 Å². The highest BCUT2D eigenvalue weighted by molar-refractivity contribution is 5.89. The molecule has 0 amide bonds. The molecular formula is C16H15NO4. The van der Waals surface area contributed by atoms with Crippen LogP contribution in [0, 0.1) is 0 Å². The summed E-state index contributed by atoms with van der Waals surface area (Å²) in [6.45, 7) is 0.345. The normalized spacial score (nSPS) is 10.5. The van der Waals surface area contributed by atoms with Gasteiger partial charge in [-0.3, -0.25) is 0 Å². The topological polar surface area (TPSA) is 68.1 Å². The van der Waals surface area contributed by atoms with Crippen molar-refractivity contribution in [2.45, 2.75) is 6.61 Å². The number of benzene rings is 2. The predicted octanol–water partition coefficient (Wildman–Crippen LogP) is 2.86. The number of ether oxygens (including phenoxy) is 2. The summed E-state index contributed by atoms with van der Waals surface area (Å²) in [6, 6.07) is 14.2. The van der Waals surface area contributed by atoms with E-state index in [1.165, 1.54) is 13.3 Å². The molecule has 1 N–H and O–H groups in total. The van der Waals surface area contributed by atoms with Crippen molar-refractivity contribution in [1.29, 1.82) is 0 Å².